The zero-order valence-corrected chi connectivity index (χ0v) is 15.1. The molecule has 0 amide bonds. The molecule has 0 aromatic heterocycles. The van der Waals surface area contributed by atoms with Crippen LogP contribution < -0.4 is 5.19 Å². The van der Waals surface area contributed by atoms with Gasteiger partial charge in [0.25, 0.3) is 0 Å². The second-order valence-electron chi connectivity index (χ2n) is 5.15. The zero-order valence-electron chi connectivity index (χ0n) is 11.0. The van der Waals surface area contributed by atoms with Crippen molar-refractivity contribution in [3.05, 3.63) is 63.5 Å². The van der Waals surface area contributed by atoms with Crippen molar-refractivity contribution in [2.75, 3.05) is 0 Å². The summed E-state index contributed by atoms with van der Waals surface area (Å²) in [5.74, 6) is 0. The monoisotopic (exact) mass is 411 g/mol. The van der Waals surface area contributed by atoms with Crippen LogP contribution in [0.25, 0.3) is 32.3 Å². The molecule has 21 heavy (non-hydrogen) atoms. The third-order valence-corrected chi connectivity index (χ3v) is 5.34. The Balaban J connectivity index is 2.29. The summed E-state index contributed by atoms with van der Waals surface area (Å²) in [6.07, 6.45) is 0. The van der Waals surface area contributed by atoms with Crippen molar-refractivity contribution in [2.24, 2.45) is 0 Å². The first-order valence-electron chi connectivity index (χ1n) is 6.59. The molecular weight excluding hydrogens is 404 g/mol. The topological polar surface area (TPSA) is 0 Å². The Labute approximate surface area is 142 Å². The van der Waals surface area contributed by atoms with Gasteiger partial charge in [-0.25, -0.2) is 0 Å². The minimum Gasteiger partial charge on any atom is -0.0616 e. The summed E-state index contributed by atoms with van der Waals surface area (Å²) in [5.41, 5.74) is 0. The van der Waals surface area contributed by atoms with Crippen LogP contribution in [-0.2, 0) is 0 Å². The SMILES string of the molecule is [Si]c1cc(Br)cc2c(Br)cc3cc4ccccc4cc3c12. The average molecular weight is 413 g/mol. The standard InChI is InChI=1S/C18H9Br2Si/c19-13-8-15-16(20)7-12-5-10-3-1-2-4-11(10)6-14(12)18(15)17(21)9-13/h1-9H. The van der Waals surface area contributed by atoms with Crippen LogP contribution in [0.4, 0.5) is 0 Å². The van der Waals surface area contributed by atoms with Crippen LogP contribution >= 0.6 is 31.9 Å². The molecule has 0 N–H and O–H groups in total. The fraction of sp³-hybridized carbons (Fsp3) is 0. The van der Waals surface area contributed by atoms with Gasteiger partial charge in [-0.15, -0.1) is 0 Å². The number of benzene rings is 4. The summed E-state index contributed by atoms with van der Waals surface area (Å²) in [4.78, 5) is 0. The normalized spacial score (nSPS) is 11.6. The number of hydrogen-bond donors (Lipinski definition) is 0. The molecule has 0 aliphatic rings. The number of fused-ring (bicyclic) bond motifs is 4. The molecule has 0 fully saturated rings. The van der Waals surface area contributed by atoms with Gasteiger partial charge < -0.3 is 0 Å². The molecule has 0 heterocycles. The molecule has 0 saturated heterocycles. The van der Waals surface area contributed by atoms with Crippen molar-refractivity contribution in [3.63, 3.8) is 0 Å². The fourth-order valence-electron chi connectivity index (χ4n) is 2.89. The third kappa shape index (κ3) is 2.15. The highest BCUT2D eigenvalue weighted by molar-refractivity contribution is 9.11. The first-order valence-corrected chi connectivity index (χ1v) is 8.68. The van der Waals surface area contributed by atoms with Crippen LogP contribution in [0, 0.1) is 0 Å². The Hall–Kier alpha value is -1.16. The highest BCUT2D eigenvalue weighted by Gasteiger charge is 2.09. The van der Waals surface area contributed by atoms with Crippen molar-refractivity contribution in [1.29, 1.82) is 0 Å². The molecule has 0 atom stereocenters. The second kappa shape index (κ2) is 4.94. The van der Waals surface area contributed by atoms with Gasteiger partial charge in [0.1, 0.15) is 0 Å². The lowest BCUT2D eigenvalue weighted by Crippen LogP contribution is -2.04. The lowest BCUT2D eigenvalue weighted by atomic mass is 9.98. The maximum atomic E-state index is 3.77. The quantitative estimate of drug-likeness (QED) is 0.204. The molecule has 3 heteroatoms. The van der Waals surface area contributed by atoms with Gasteiger partial charge in [0, 0.05) is 8.95 Å². The summed E-state index contributed by atoms with van der Waals surface area (Å²) in [5, 5.41) is 8.59. The van der Waals surface area contributed by atoms with E-state index >= 15 is 0 Å². The first-order chi connectivity index (χ1) is 10.1. The molecular formula is C18H9Br2Si. The highest BCUT2D eigenvalue weighted by Crippen LogP contribution is 2.34. The van der Waals surface area contributed by atoms with Crippen LogP contribution in [0.1, 0.15) is 0 Å². The smallest absolute Gasteiger partial charge is 0.0616 e. The fourth-order valence-corrected chi connectivity index (χ4v) is 4.55. The molecule has 0 nitrogen and oxygen atoms in total. The summed E-state index contributed by atoms with van der Waals surface area (Å²) in [6, 6.07) is 19.5. The first kappa shape index (κ1) is 13.5. The van der Waals surface area contributed by atoms with E-state index in [0.29, 0.717) is 0 Å². The minimum absolute atomic E-state index is 1.07. The number of rotatable bonds is 0. The predicted molar refractivity (Wildman–Crippen MR) is 99.7 cm³/mol. The van der Waals surface area contributed by atoms with Gasteiger partial charge in [0.15, 0.2) is 0 Å². The maximum Gasteiger partial charge on any atom is 0.0721 e. The summed E-state index contributed by atoms with van der Waals surface area (Å²) >= 11 is 7.28. The van der Waals surface area contributed by atoms with Gasteiger partial charge in [-0.2, -0.15) is 0 Å². The lowest BCUT2D eigenvalue weighted by Gasteiger charge is -2.11. The summed E-state index contributed by atoms with van der Waals surface area (Å²) < 4.78 is 2.18. The Morgan fingerprint density at radius 2 is 1.43 bits per heavy atom. The van der Waals surface area contributed by atoms with Crippen molar-refractivity contribution >= 4 is 79.6 Å². The molecule has 4 rings (SSSR count). The van der Waals surface area contributed by atoms with Crippen molar-refractivity contribution in [2.45, 2.75) is 0 Å². The largest absolute Gasteiger partial charge is 0.0721 e. The summed E-state index contributed by atoms with van der Waals surface area (Å²) in [7, 11) is 3.77. The Morgan fingerprint density at radius 3 is 2.19 bits per heavy atom. The van der Waals surface area contributed by atoms with Crippen LogP contribution in [0.2, 0.25) is 0 Å². The van der Waals surface area contributed by atoms with E-state index in [-0.39, 0.29) is 0 Å². The number of halogens is 2. The predicted octanol–water partition coefficient (Wildman–Crippen LogP) is 5.47. The van der Waals surface area contributed by atoms with Crippen molar-refractivity contribution < 1.29 is 0 Å². The molecule has 3 radical (unpaired) electrons. The molecule has 0 unspecified atom stereocenters. The third-order valence-electron chi connectivity index (χ3n) is 3.83. The molecule has 0 bridgehead atoms. The number of hydrogen-bond acceptors (Lipinski definition) is 0. The molecule has 0 aliphatic heterocycles. The van der Waals surface area contributed by atoms with Crippen LogP contribution in [0.5, 0.6) is 0 Å². The Kier molecular flexibility index (Phi) is 3.17. The van der Waals surface area contributed by atoms with E-state index in [0.717, 1.165) is 14.1 Å². The van der Waals surface area contributed by atoms with E-state index < -0.39 is 0 Å². The van der Waals surface area contributed by atoms with Gasteiger partial charge in [-0.3, -0.25) is 0 Å². The van der Waals surface area contributed by atoms with E-state index in [1.807, 2.05) is 0 Å². The van der Waals surface area contributed by atoms with E-state index in [1.54, 1.807) is 0 Å². The molecule has 0 saturated carbocycles. The Morgan fingerprint density at radius 1 is 0.714 bits per heavy atom. The molecule has 0 aliphatic carbocycles. The Bertz CT molecular complexity index is 1020. The minimum atomic E-state index is 1.07. The molecule has 99 valence electrons. The van der Waals surface area contributed by atoms with Crippen LogP contribution in [0.3, 0.4) is 0 Å². The van der Waals surface area contributed by atoms with Gasteiger partial charge in [0.05, 0.1) is 10.2 Å². The average Bonchev–Trinajstić information content (AvgIpc) is 2.45. The highest BCUT2D eigenvalue weighted by atomic mass is 79.9. The van der Waals surface area contributed by atoms with Crippen molar-refractivity contribution in [3.8, 4) is 0 Å². The zero-order chi connectivity index (χ0) is 14.6. The molecule has 4 aromatic carbocycles. The maximum absolute atomic E-state index is 3.77. The van der Waals surface area contributed by atoms with Crippen LogP contribution in [0.15, 0.2) is 63.5 Å². The van der Waals surface area contributed by atoms with Gasteiger partial charge in [-0.1, -0.05) is 61.3 Å². The molecule has 0 spiro atoms. The van der Waals surface area contributed by atoms with E-state index in [4.69, 9.17) is 0 Å². The lowest BCUT2D eigenvalue weighted by molar-refractivity contribution is 1.73. The van der Waals surface area contributed by atoms with Gasteiger partial charge in [-0.05, 0) is 62.6 Å². The van der Waals surface area contributed by atoms with E-state index in [2.05, 4.69) is 96.7 Å². The summed E-state index contributed by atoms with van der Waals surface area (Å²) in [6.45, 7) is 0. The van der Waals surface area contributed by atoms with Crippen molar-refractivity contribution in [1.82, 2.24) is 0 Å². The van der Waals surface area contributed by atoms with Crippen LogP contribution in [-0.4, -0.2) is 10.2 Å². The van der Waals surface area contributed by atoms with E-state index in [9.17, 15) is 0 Å². The molecule has 4 aromatic rings. The van der Waals surface area contributed by atoms with Gasteiger partial charge in [0.2, 0.25) is 0 Å². The van der Waals surface area contributed by atoms with E-state index in [1.165, 1.54) is 32.3 Å². The second-order valence-corrected chi connectivity index (χ2v) is 7.46. The van der Waals surface area contributed by atoms with Gasteiger partial charge >= 0.3 is 0 Å².